The molecule has 2 N–H and O–H groups in total. The van der Waals surface area contributed by atoms with Gasteiger partial charge in [0, 0.05) is 10.6 Å². The van der Waals surface area contributed by atoms with Crippen molar-refractivity contribution in [1.82, 2.24) is 5.32 Å². The third-order valence-corrected chi connectivity index (χ3v) is 2.41. The number of benzene rings is 1. The fraction of sp³-hybridized carbons (Fsp3) is 0.364. The number of hydrogen-bond donors (Lipinski definition) is 2. The number of alkyl halides is 2. The van der Waals surface area contributed by atoms with Crippen LogP contribution in [0.25, 0.3) is 0 Å². The highest BCUT2D eigenvalue weighted by molar-refractivity contribution is 6.30. The number of amides is 1. The van der Waals surface area contributed by atoms with Crippen LogP contribution in [0.4, 0.5) is 8.78 Å². The number of hydrogen-bond acceptors (Lipinski definition) is 2. The molecule has 1 rings (SSSR count). The Morgan fingerprint density at radius 3 is 2.71 bits per heavy atom. The van der Waals surface area contributed by atoms with Crippen LogP contribution in [0.2, 0.25) is 5.02 Å². The Bertz CT molecular complexity index is 424. The molecule has 0 aliphatic carbocycles. The molecule has 0 aliphatic heterocycles. The SMILES string of the molecule is Cc1cc(Cl)ccc1C(=O)NCC(F)(F)CO. The molecule has 0 radical (unpaired) electrons. The first kappa shape index (κ1) is 13.9. The fourth-order valence-electron chi connectivity index (χ4n) is 1.24. The molecule has 0 unspecified atom stereocenters. The average Bonchev–Trinajstić information content (AvgIpc) is 2.26. The van der Waals surface area contributed by atoms with Crippen LogP contribution < -0.4 is 5.32 Å². The third-order valence-electron chi connectivity index (χ3n) is 2.17. The number of carbonyl (C=O) groups excluding carboxylic acids is 1. The van der Waals surface area contributed by atoms with E-state index in [1.165, 1.54) is 12.1 Å². The van der Waals surface area contributed by atoms with Crippen LogP contribution in [0.15, 0.2) is 18.2 Å². The largest absolute Gasteiger partial charge is 0.390 e. The van der Waals surface area contributed by atoms with Crippen LogP contribution in [-0.4, -0.2) is 30.1 Å². The summed E-state index contributed by atoms with van der Waals surface area (Å²) >= 11 is 5.71. The highest BCUT2D eigenvalue weighted by Gasteiger charge is 2.28. The summed E-state index contributed by atoms with van der Waals surface area (Å²) in [6, 6.07) is 4.54. The van der Waals surface area contributed by atoms with E-state index in [1.807, 2.05) is 0 Å². The number of nitrogens with one attached hydrogen (secondary N) is 1. The van der Waals surface area contributed by atoms with Gasteiger partial charge in [0.1, 0.15) is 6.61 Å². The molecule has 0 bridgehead atoms. The van der Waals surface area contributed by atoms with E-state index in [4.69, 9.17) is 16.7 Å². The molecule has 6 heteroatoms. The Morgan fingerprint density at radius 1 is 1.53 bits per heavy atom. The van der Waals surface area contributed by atoms with Gasteiger partial charge in [0.25, 0.3) is 11.8 Å². The maximum Gasteiger partial charge on any atom is 0.287 e. The molecule has 0 fully saturated rings. The monoisotopic (exact) mass is 263 g/mol. The number of aryl methyl sites for hydroxylation is 1. The van der Waals surface area contributed by atoms with Gasteiger partial charge in [-0.1, -0.05) is 11.6 Å². The van der Waals surface area contributed by atoms with E-state index in [1.54, 1.807) is 13.0 Å². The van der Waals surface area contributed by atoms with Gasteiger partial charge in [-0.2, -0.15) is 0 Å². The third kappa shape index (κ3) is 3.94. The van der Waals surface area contributed by atoms with Crippen molar-refractivity contribution in [2.45, 2.75) is 12.8 Å². The van der Waals surface area contributed by atoms with E-state index in [2.05, 4.69) is 5.32 Å². The van der Waals surface area contributed by atoms with Crippen molar-refractivity contribution in [3.05, 3.63) is 34.3 Å². The van der Waals surface area contributed by atoms with Crippen LogP contribution >= 0.6 is 11.6 Å². The summed E-state index contributed by atoms with van der Waals surface area (Å²) in [5.74, 6) is -3.93. The first-order valence-electron chi connectivity index (χ1n) is 4.89. The molecule has 0 aromatic heterocycles. The molecule has 1 aromatic rings. The maximum absolute atomic E-state index is 12.7. The maximum atomic E-state index is 12.7. The van der Waals surface area contributed by atoms with Crippen LogP contribution in [0, 0.1) is 6.92 Å². The Morgan fingerprint density at radius 2 is 2.18 bits per heavy atom. The summed E-state index contributed by atoms with van der Waals surface area (Å²) in [5, 5.41) is 10.9. The second kappa shape index (κ2) is 5.42. The standard InChI is InChI=1S/C11H12ClF2NO2/c1-7-4-8(12)2-3-9(7)10(17)15-5-11(13,14)6-16/h2-4,16H,5-6H2,1H3,(H,15,17). The van der Waals surface area contributed by atoms with E-state index in [9.17, 15) is 13.6 Å². The topological polar surface area (TPSA) is 49.3 Å². The lowest BCUT2D eigenvalue weighted by atomic mass is 10.1. The predicted molar refractivity (Wildman–Crippen MR) is 60.6 cm³/mol. The average molecular weight is 264 g/mol. The van der Waals surface area contributed by atoms with Gasteiger partial charge in [-0.05, 0) is 30.7 Å². The number of aliphatic hydroxyl groups excluding tert-OH is 1. The quantitative estimate of drug-likeness (QED) is 0.873. The molecule has 1 aromatic carbocycles. The minimum absolute atomic E-state index is 0.281. The second-order valence-corrected chi connectivity index (χ2v) is 4.09. The molecule has 0 spiro atoms. The zero-order valence-corrected chi connectivity index (χ0v) is 9.89. The Labute approximate surface area is 102 Å². The van der Waals surface area contributed by atoms with Gasteiger partial charge in [-0.25, -0.2) is 8.78 Å². The predicted octanol–water partition coefficient (Wildman–Crippen LogP) is 2.01. The van der Waals surface area contributed by atoms with Gasteiger partial charge in [-0.15, -0.1) is 0 Å². The van der Waals surface area contributed by atoms with Crippen molar-refractivity contribution in [3.8, 4) is 0 Å². The summed E-state index contributed by atoms with van der Waals surface area (Å²) in [6.07, 6.45) is 0. The van der Waals surface area contributed by atoms with Crippen LogP contribution in [0.3, 0.4) is 0 Å². The Hall–Kier alpha value is -1.20. The van der Waals surface area contributed by atoms with Crippen LogP contribution in [0.5, 0.6) is 0 Å². The van der Waals surface area contributed by atoms with Gasteiger partial charge >= 0.3 is 0 Å². The minimum Gasteiger partial charge on any atom is -0.390 e. The van der Waals surface area contributed by atoms with Crippen molar-refractivity contribution < 1.29 is 18.7 Å². The lowest BCUT2D eigenvalue weighted by Gasteiger charge is -2.14. The summed E-state index contributed by atoms with van der Waals surface area (Å²) in [4.78, 5) is 11.6. The fourth-order valence-corrected chi connectivity index (χ4v) is 1.47. The molecular weight excluding hydrogens is 252 g/mol. The van der Waals surface area contributed by atoms with E-state index < -0.39 is 25.0 Å². The number of rotatable bonds is 4. The van der Waals surface area contributed by atoms with E-state index in [0.29, 0.717) is 10.6 Å². The minimum atomic E-state index is -3.31. The number of halogens is 3. The van der Waals surface area contributed by atoms with E-state index >= 15 is 0 Å². The van der Waals surface area contributed by atoms with Gasteiger partial charge in [-0.3, -0.25) is 4.79 Å². The van der Waals surface area contributed by atoms with Gasteiger partial charge in [0.2, 0.25) is 0 Å². The molecule has 0 atom stereocenters. The number of aliphatic hydroxyl groups is 1. The molecule has 1 amide bonds. The zero-order chi connectivity index (χ0) is 13.1. The molecule has 17 heavy (non-hydrogen) atoms. The highest BCUT2D eigenvalue weighted by Crippen LogP contribution is 2.16. The van der Waals surface area contributed by atoms with Crippen LogP contribution in [-0.2, 0) is 0 Å². The van der Waals surface area contributed by atoms with Crippen molar-refractivity contribution in [2.24, 2.45) is 0 Å². The van der Waals surface area contributed by atoms with Crippen molar-refractivity contribution >= 4 is 17.5 Å². The Kier molecular flexibility index (Phi) is 4.42. The van der Waals surface area contributed by atoms with Crippen molar-refractivity contribution in [1.29, 1.82) is 0 Å². The molecule has 94 valence electrons. The van der Waals surface area contributed by atoms with Crippen molar-refractivity contribution in [3.63, 3.8) is 0 Å². The first-order chi connectivity index (χ1) is 7.85. The lowest BCUT2D eigenvalue weighted by molar-refractivity contribution is -0.0462. The molecule has 3 nitrogen and oxygen atoms in total. The molecule has 0 saturated heterocycles. The van der Waals surface area contributed by atoms with Gasteiger partial charge < -0.3 is 10.4 Å². The summed E-state index contributed by atoms with van der Waals surface area (Å²) in [6.45, 7) is -0.539. The van der Waals surface area contributed by atoms with E-state index in [0.717, 1.165) is 0 Å². The molecular formula is C11H12ClF2NO2. The number of carbonyl (C=O) groups is 1. The van der Waals surface area contributed by atoms with E-state index in [-0.39, 0.29) is 5.56 Å². The zero-order valence-electron chi connectivity index (χ0n) is 9.14. The van der Waals surface area contributed by atoms with Gasteiger partial charge in [0.15, 0.2) is 0 Å². The summed E-state index contributed by atoms with van der Waals surface area (Å²) in [5.41, 5.74) is 0.880. The molecule has 0 saturated carbocycles. The smallest absolute Gasteiger partial charge is 0.287 e. The normalized spacial score (nSPS) is 11.4. The van der Waals surface area contributed by atoms with Crippen molar-refractivity contribution in [2.75, 3.05) is 13.2 Å². The molecule has 0 heterocycles. The molecule has 0 aliphatic rings. The first-order valence-corrected chi connectivity index (χ1v) is 5.26. The second-order valence-electron chi connectivity index (χ2n) is 3.66. The van der Waals surface area contributed by atoms with Crippen LogP contribution in [0.1, 0.15) is 15.9 Å². The summed E-state index contributed by atoms with van der Waals surface area (Å²) < 4.78 is 25.4. The highest BCUT2D eigenvalue weighted by atomic mass is 35.5. The van der Waals surface area contributed by atoms with Gasteiger partial charge in [0.05, 0.1) is 6.54 Å². The Balaban J connectivity index is 2.71. The summed E-state index contributed by atoms with van der Waals surface area (Å²) in [7, 11) is 0. The lowest BCUT2D eigenvalue weighted by Crippen LogP contribution is -2.39.